The van der Waals surface area contributed by atoms with Crippen molar-refractivity contribution < 1.29 is 14.3 Å². The Labute approximate surface area is 171 Å². The van der Waals surface area contributed by atoms with E-state index in [0.717, 1.165) is 5.69 Å². The summed E-state index contributed by atoms with van der Waals surface area (Å²) in [6.45, 7) is 2.16. The van der Waals surface area contributed by atoms with E-state index in [1.165, 1.54) is 7.11 Å². The van der Waals surface area contributed by atoms with Gasteiger partial charge in [-0.15, -0.1) is 0 Å². The van der Waals surface area contributed by atoms with Crippen molar-refractivity contribution in [3.05, 3.63) is 63.8 Å². The van der Waals surface area contributed by atoms with Gasteiger partial charge in [-0.05, 0) is 31.2 Å². The normalized spacial score (nSPS) is 15.1. The predicted molar refractivity (Wildman–Crippen MR) is 105 cm³/mol. The molecule has 0 spiro atoms. The third kappa shape index (κ3) is 3.39. The van der Waals surface area contributed by atoms with Crippen LogP contribution in [0.1, 0.15) is 27.8 Å². The maximum absolute atomic E-state index is 12.7. The molecule has 1 N–H and O–H groups in total. The van der Waals surface area contributed by atoms with Crippen LogP contribution in [0.25, 0.3) is 5.69 Å². The Morgan fingerprint density at radius 2 is 2.18 bits per heavy atom. The van der Waals surface area contributed by atoms with Crippen LogP contribution in [0.3, 0.4) is 0 Å². The minimum absolute atomic E-state index is 0.218. The molecule has 2 aromatic heterocycles. The maximum Gasteiger partial charge on any atom is 0.270 e. The number of amides is 1. The number of aromatic nitrogens is 3. The highest BCUT2D eigenvalue weighted by Crippen LogP contribution is 2.40. The number of carbonyl (C=O) groups is 1. The van der Waals surface area contributed by atoms with E-state index in [2.05, 4.69) is 15.3 Å². The Morgan fingerprint density at radius 3 is 2.89 bits per heavy atom. The van der Waals surface area contributed by atoms with Crippen LogP contribution < -0.4 is 14.8 Å². The van der Waals surface area contributed by atoms with Gasteiger partial charge in [-0.3, -0.25) is 4.79 Å². The molecular formula is C19H16Cl2N4O3. The Balaban J connectivity index is 1.59. The second-order valence-corrected chi connectivity index (χ2v) is 7.13. The van der Waals surface area contributed by atoms with Gasteiger partial charge in [0.2, 0.25) is 5.88 Å². The standard InChI is InChI=1S/C19H16Cl2N4O3/c1-10-7-25(9-22-10)15-4-3-13(24-19(15)27-2)18(26)23-14-8-28-16-6-11(20)5-12(21)17(14)16/h3-7,9,14H,8H2,1-2H3,(H,23,26)/t14-/m0/s1. The third-order valence-electron chi connectivity index (χ3n) is 4.37. The fraction of sp³-hybridized carbons (Fsp3) is 0.211. The molecule has 0 radical (unpaired) electrons. The summed E-state index contributed by atoms with van der Waals surface area (Å²) in [4.78, 5) is 21.3. The van der Waals surface area contributed by atoms with E-state index in [4.69, 9.17) is 32.7 Å². The van der Waals surface area contributed by atoms with E-state index in [-0.39, 0.29) is 18.2 Å². The van der Waals surface area contributed by atoms with Crippen LogP contribution in [0, 0.1) is 6.92 Å². The largest absolute Gasteiger partial charge is 0.491 e. The molecule has 7 nitrogen and oxygen atoms in total. The van der Waals surface area contributed by atoms with E-state index in [0.29, 0.717) is 32.9 Å². The summed E-state index contributed by atoms with van der Waals surface area (Å²) in [6, 6.07) is 6.30. The molecule has 0 unspecified atom stereocenters. The lowest BCUT2D eigenvalue weighted by molar-refractivity contribution is 0.0924. The number of benzene rings is 1. The van der Waals surface area contributed by atoms with E-state index in [1.807, 2.05) is 13.1 Å². The smallest absolute Gasteiger partial charge is 0.270 e. The Morgan fingerprint density at radius 1 is 1.36 bits per heavy atom. The molecule has 0 bridgehead atoms. The molecule has 1 aliphatic rings. The number of methoxy groups -OCH3 is 1. The van der Waals surface area contributed by atoms with Gasteiger partial charge in [-0.1, -0.05) is 23.2 Å². The zero-order valence-electron chi connectivity index (χ0n) is 15.1. The van der Waals surface area contributed by atoms with Crippen molar-refractivity contribution in [3.8, 4) is 17.3 Å². The molecule has 1 amide bonds. The van der Waals surface area contributed by atoms with Crippen LogP contribution >= 0.6 is 23.2 Å². The van der Waals surface area contributed by atoms with Gasteiger partial charge in [-0.25, -0.2) is 9.97 Å². The summed E-state index contributed by atoms with van der Waals surface area (Å²) in [7, 11) is 1.50. The first-order chi connectivity index (χ1) is 13.5. The Kier molecular flexibility index (Phi) is 4.87. The molecule has 0 saturated heterocycles. The van der Waals surface area contributed by atoms with Crippen molar-refractivity contribution in [2.24, 2.45) is 0 Å². The minimum atomic E-state index is -0.393. The molecule has 0 fully saturated rings. The number of nitrogens with one attached hydrogen (secondary N) is 1. The van der Waals surface area contributed by atoms with E-state index < -0.39 is 6.04 Å². The molecule has 1 atom stereocenters. The van der Waals surface area contributed by atoms with Gasteiger partial charge in [0, 0.05) is 16.8 Å². The highest BCUT2D eigenvalue weighted by atomic mass is 35.5. The lowest BCUT2D eigenvalue weighted by Gasteiger charge is -2.14. The first-order valence-electron chi connectivity index (χ1n) is 8.45. The molecule has 4 rings (SSSR count). The monoisotopic (exact) mass is 418 g/mol. The molecule has 0 saturated carbocycles. The first-order valence-corrected chi connectivity index (χ1v) is 9.20. The maximum atomic E-state index is 12.7. The summed E-state index contributed by atoms with van der Waals surface area (Å²) in [5.74, 6) is 0.524. The fourth-order valence-electron chi connectivity index (χ4n) is 3.08. The SMILES string of the molecule is COc1nc(C(=O)N[C@H]2COc3cc(Cl)cc(Cl)c32)ccc1-n1cnc(C)c1. The topological polar surface area (TPSA) is 78.3 Å². The fourth-order valence-corrected chi connectivity index (χ4v) is 3.69. The molecule has 144 valence electrons. The number of aryl methyl sites for hydroxylation is 1. The number of rotatable bonds is 4. The molecular weight excluding hydrogens is 403 g/mol. The van der Waals surface area contributed by atoms with Crippen LogP contribution in [0.2, 0.25) is 10.0 Å². The second-order valence-electron chi connectivity index (χ2n) is 6.28. The van der Waals surface area contributed by atoms with Crippen molar-refractivity contribution in [1.82, 2.24) is 19.9 Å². The Hall–Kier alpha value is -2.77. The summed E-state index contributed by atoms with van der Waals surface area (Å²) < 4.78 is 12.7. The minimum Gasteiger partial charge on any atom is -0.491 e. The number of hydrogen-bond donors (Lipinski definition) is 1. The van der Waals surface area contributed by atoms with Gasteiger partial charge < -0.3 is 19.4 Å². The number of fused-ring (bicyclic) bond motifs is 1. The molecule has 3 aromatic rings. The van der Waals surface area contributed by atoms with Crippen LogP contribution in [-0.4, -0.2) is 34.2 Å². The zero-order valence-corrected chi connectivity index (χ0v) is 16.6. The second kappa shape index (κ2) is 7.33. The molecule has 1 aromatic carbocycles. The van der Waals surface area contributed by atoms with Crippen molar-refractivity contribution in [1.29, 1.82) is 0 Å². The average Bonchev–Trinajstić information content (AvgIpc) is 3.27. The summed E-state index contributed by atoms with van der Waals surface area (Å²) in [5.41, 5.74) is 2.47. The third-order valence-corrected chi connectivity index (χ3v) is 4.90. The van der Waals surface area contributed by atoms with Gasteiger partial charge in [0.15, 0.2) is 0 Å². The molecule has 3 heterocycles. The molecule has 1 aliphatic heterocycles. The van der Waals surface area contributed by atoms with Gasteiger partial charge >= 0.3 is 0 Å². The van der Waals surface area contributed by atoms with Crippen molar-refractivity contribution in [3.63, 3.8) is 0 Å². The first kappa shape index (κ1) is 18.6. The molecule has 0 aliphatic carbocycles. The summed E-state index contributed by atoms with van der Waals surface area (Å²) in [6.07, 6.45) is 3.51. The van der Waals surface area contributed by atoms with Crippen LogP contribution in [0.4, 0.5) is 0 Å². The highest BCUT2D eigenvalue weighted by molar-refractivity contribution is 6.35. The van der Waals surface area contributed by atoms with Crippen LogP contribution in [-0.2, 0) is 0 Å². The van der Waals surface area contributed by atoms with Crippen LogP contribution in [0.5, 0.6) is 11.6 Å². The van der Waals surface area contributed by atoms with Crippen molar-refractivity contribution >= 4 is 29.1 Å². The molecule has 9 heteroatoms. The summed E-state index contributed by atoms with van der Waals surface area (Å²) >= 11 is 12.3. The number of pyridine rings is 1. The molecule has 28 heavy (non-hydrogen) atoms. The van der Waals surface area contributed by atoms with Crippen LogP contribution in [0.15, 0.2) is 36.8 Å². The van der Waals surface area contributed by atoms with E-state index in [1.54, 1.807) is 35.2 Å². The van der Waals surface area contributed by atoms with Gasteiger partial charge in [0.05, 0.1) is 30.2 Å². The van der Waals surface area contributed by atoms with Crippen molar-refractivity contribution in [2.45, 2.75) is 13.0 Å². The van der Waals surface area contributed by atoms with E-state index >= 15 is 0 Å². The number of nitrogens with zero attached hydrogens (tertiary/aromatic N) is 3. The van der Waals surface area contributed by atoms with Gasteiger partial charge in [0.25, 0.3) is 5.91 Å². The predicted octanol–water partition coefficient (Wildman–Crippen LogP) is 3.75. The Bertz CT molecular complexity index is 1070. The van der Waals surface area contributed by atoms with E-state index in [9.17, 15) is 4.79 Å². The lowest BCUT2D eigenvalue weighted by Crippen LogP contribution is -2.30. The zero-order chi connectivity index (χ0) is 19.8. The number of carbonyl (C=O) groups excluding carboxylic acids is 1. The number of ether oxygens (including phenoxy) is 2. The number of halogens is 2. The average molecular weight is 419 g/mol. The number of imidazole rings is 1. The van der Waals surface area contributed by atoms with Crippen molar-refractivity contribution in [2.75, 3.05) is 13.7 Å². The van der Waals surface area contributed by atoms with Gasteiger partial charge in [0.1, 0.15) is 23.7 Å². The quantitative estimate of drug-likeness (QED) is 0.697. The lowest BCUT2D eigenvalue weighted by atomic mass is 10.1. The highest BCUT2D eigenvalue weighted by Gasteiger charge is 2.29. The van der Waals surface area contributed by atoms with Gasteiger partial charge in [-0.2, -0.15) is 0 Å². The number of hydrogen-bond acceptors (Lipinski definition) is 5. The summed E-state index contributed by atoms with van der Waals surface area (Å²) in [5, 5.41) is 3.82.